The number of thiophene rings is 1. The molecule has 4 rings (SSSR count). The van der Waals surface area contributed by atoms with E-state index < -0.39 is 0 Å². The van der Waals surface area contributed by atoms with E-state index in [4.69, 9.17) is 4.99 Å². The second-order valence-electron chi connectivity index (χ2n) is 5.70. The molecule has 0 aliphatic carbocycles. The molecule has 0 saturated carbocycles. The lowest BCUT2D eigenvalue weighted by atomic mass is 10.0. The highest BCUT2D eigenvalue weighted by Crippen LogP contribution is 2.33. The second-order valence-corrected chi connectivity index (χ2v) is 6.76. The summed E-state index contributed by atoms with van der Waals surface area (Å²) in [6.45, 7) is 0. The predicted octanol–water partition coefficient (Wildman–Crippen LogP) is 6.58. The summed E-state index contributed by atoms with van der Waals surface area (Å²) in [6.07, 6.45) is 0. The van der Waals surface area contributed by atoms with Crippen molar-refractivity contribution in [3.63, 3.8) is 0 Å². The lowest BCUT2D eigenvalue weighted by Crippen LogP contribution is -2.02. The quantitative estimate of drug-likeness (QED) is 0.372. The van der Waals surface area contributed by atoms with Crippen molar-refractivity contribution >= 4 is 22.0 Å². The van der Waals surface area contributed by atoms with E-state index in [1.165, 1.54) is 10.4 Å². The van der Waals surface area contributed by atoms with Crippen LogP contribution in [0.2, 0.25) is 0 Å². The van der Waals surface area contributed by atoms with E-state index in [0.717, 1.165) is 21.8 Å². The van der Waals surface area contributed by atoms with E-state index in [-0.39, 0.29) is 0 Å². The number of nitrogens with zero attached hydrogens (tertiary/aromatic N) is 1. The summed E-state index contributed by atoms with van der Waals surface area (Å²) in [6, 6.07) is 35.4. The zero-order valence-electron chi connectivity index (χ0n) is 13.7. The molecule has 0 saturated heterocycles. The molecular weight excluding hydrogens is 322 g/mol. The third kappa shape index (κ3) is 3.59. The standard InChI is InChI=1S/C23H17NS/c1-4-10-18(11-5-1)21-16-17-22(25-21)24-23(19-12-6-2-7-13-19)20-14-8-3-9-15-20/h1-17H. The van der Waals surface area contributed by atoms with Crippen LogP contribution in [-0.2, 0) is 0 Å². The maximum Gasteiger partial charge on any atom is 0.117 e. The van der Waals surface area contributed by atoms with Crippen LogP contribution in [0.1, 0.15) is 11.1 Å². The van der Waals surface area contributed by atoms with Gasteiger partial charge in [0.1, 0.15) is 5.00 Å². The van der Waals surface area contributed by atoms with Gasteiger partial charge < -0.3 is 0 Å². The van der Waals surface area contributed by atoms with Crippen molar-refractivity contribution in [1.82, 2.24) is 0 Å². The van der Waals surface area contributed by atoms with Gasteiger partial charge >= 0.3 is 0 Å². The van der Waals surface area contributed by atoms with Gasteiger partial charge in [0, 0.05) is 16.0 Å². The van der Waals surface area contributed by atoms with Crippen molar-refractivity contribution in [2.75, 3.05) is 0 Å². The Bertz CT molecular complexity index is 929. The average Bonchev–Trinajstić information content (AvgIpc) is 3.17. The highest BCUT2D eigenvalue weighted by Gasteiger charge is 2.08. The van der Waals surface area contributed by atoms with Crippen LogP contribution < -0.4 is 0 Å². The molecule has 0 bridgehead atoms. The molecule has 0 N–H and O–H groups in total. The van der Waals surface area contributed by atoms with E-state index in [0.29, 0.717) is 0 Å². The second kappa shape index (κ2) is 7.29. The van der Waals surface area contributed by atoms with Crippen molar-refractivity contribution in [2.24, 2.45) is 4.99 Å². The first-order valence-corrected chi connectivity index (χ1v) is 9.06. The van der Waals surface area contributed by atoms with Crippen LogP contribution in [0.15, 0.2) is 108 Å². The lowest BCUT2D eigenvalue weighted by molar-refractivity contribution is 1.52. The minimum atomic E-state index is 1.00. The monoisotopic (exact) mass is 339 g/mol. The number of hydrogen-bond donors (Lipinski definition) is 0. The Morgan fingerprint density at radius 3 is 1.64 bits per heavy atom. The first kappa shape index (κ1) is 15.6. The highest BCUT2D eigenvalue weighted by atomic mass is 32.1. The molecule has 0 aliphatic heterocycles. The van der Waals surface area contributed by atoms with Crippen LogP contribution in [0.5, 0.6) is 0 Å². The van der Waals surface area contributed by atoms with Crippen molar-refractivity contribution in [3.05, 3.63) is 114 Å². The third-order valence-electron chi connectivity index (χ3n) is 3.97. The summed E-state index contributed by atoms with van der Waals surface area (Å²) < 4.78 is 0. The smallest absolute Gasteiger partial charge is 0.117 e. The van der Waals surface area contributed by atoms with Crippen LogP contribution in [0.4, 0.5) is 5.00 Å². The Kier molecular flexibility index (Phi) is 4.53. The molecule has 0 aliphatic rings. The maximum atomic E-state index is 4.98. The van der Waals surface area contributed by atoms with Gasteiger partial charge in [0.05, 0.1) is 5.71 Å². The van der Waals surface area contributed by atoms with E-state index in [9.17, 15) is 0 Å². The largest absolute Gasteiger partial charge is 0.237 e. The Labute approximate surface area is 152 Å². The number of benzene rings is 3. The first-order chi connectivity index (χ1) is 12.4. The molecule has 0 radical (unpaired) electrons. The van der Waals surface area contributed by atoms with Crippen molar-refractivity contribution in [3.8, 4) is 10.4 Å². The highest BCUT2D eigenvalue weighted by molar-refractivity contribution is 7.19. The predicted molar refractivity (Wildman–Crippen MR) is 108 cm³/mol. The van der Waals surface area contributed by atoms with Crippen LogP contribution in [0.3, 0.4) is 0 Å². The molecule has 0 spiro atoms. The fourth-order valence-corrected chi connectivity index (χ4v) is 3.63. The Hall–Kier alpha value is -2.97. The maximum absolute atomic E-state index is 4.98. The van der Waals surface area contributed by atoms with Gasteiger partial charge in [-0.05, 0) is 17.7 Å². The van der Waals surface area contributed by atoms with E-state index in [1.807, 2.05) is 18.2 Å². The van der Waals surface area contributed by atoms with E-state index >= 15 is 0 Å². The topological polar surface area (TPSA) is 12.4 Å². The number of rotatable bonds is 4. The zero-order chi connectivity index (χ0) is 16.9. The van der Waals surface area contributed by atoms with Gasteiger partial charge in [-0.2, -0.15) is 0 Å². The number of aliphatic imine (C=N–C) groups is 1. The van der Waals surface area contributed by atoms with Crippen LogP contribution >= 0.6 is 11.3 Å². The molecule has 2 heteroatoms. The molecule has 120 valence electrons. The third-order valence-corrected chi connectivity index (χ3v) is 4.99. The molecule has 3 aromatic carbocycles. The van der Waals surface area contributed by atoms with Gasteiger partial charge in [0.2, 0.25) is 0 Å². The Balaban J connectivity index is 1.77. The summed E-state index contributed by atoms with van der Waals surface area (Å²) in [7, 11) is 0. The SMILES string of the molecule is c1ccc(C(=Nc2ccc(-c3ccccc3)s2)c2ccccc2)cc1. The molecule has 1 nitrogen and oxygen atoms in total. The minimum absolute atomic E-state index is 1.00. The van der Waals surface area contributed by atoms with Gasteiger partial charge in [-0.15, -0.1) is 11.3 Å². The molecular formula is C23H17NS. The lowest BCUT2D eigenvalue weighted by Gasteiger charge is -2.06. The molecule has 1 heterocycles. The van der Waals surface area contributed by atoms with Gasteiger partial charge in [0.15, 0.2) is 0 Å². The van der Waals surface area contributed by atoms with Gasteiger partial charge in [-0.3, -0.25) is 0 Å². The minimum Gasteiger partial charge on any atom is -0.237 e. The summed E-state index contributed by atoms with van der Waals surface area (Å²) in [5.41, 5.74) is 4.49. The molecule has 0 fully saturated rings. The molecule has 0 atom stereocenters. The zero-order valence-corrected chi connectivity index (χ0v) is 14.5. The fourth-order valence-electron chi connectivity index (χ4n) is 2.74. The Morgan fingerprint density at radius 2 is 1.08 bits per heavy atom. The summed E-state index contributed by atoms with van der Waals surface area (Å²) in [5, 5.41) is 1.02. The summed E-state index contributed by atoms with van der Waals surface area (Å²) >= 11 is 1.72. The van der Waals surface area contributed by atoms with Crippen molar-refractivity contribution in [1.29, 1.82) is 0 Å². The molecule has 0 unspecified atom stereocenters. The fraction of sp³-hybridized carbons (Fsp3) is 0. The molecule has 0 amide bonds. The summed E-state index contributed by atoms with van der Waals surface area (Å²) in [4.78, 5) is 6.22. The molecule has 4 aromatic rings. The molecule has 1 aromatic heterocycles. The van der Waals surface area contributed by atoms with E-state index in [1.54, 1.807) is 11.3 Å². The Morgan fingerprint density at radius 1 is 0.560 bits per heavy atom. The van der Waals surface area contributed by atoms with E-state index in [2.05, 4.69) is 84.9 Å². The van der Waals surface area contributed by atoms with Crippen LogP contribution in [0, 0.1) is 0 Å². The molecule has 25 heavy (non-hydrogen) atoms. The van der Waals surface area contributed by atoms with Gasteiger partial charge in [-0.1, -0.05) is 91.0 Å². The normalized spacial score (nSPS) is 10.4. The van der Waals surface area contributed by atoms with Crippen LogP contribution in [0.25, 0.3) is 10.4 Å². The van der Waals surface area contributed by atoms with Gasteiger partial charge in [-0.25, -0.2) is 4.99 Å². The average molecular weight is 339 g/mol. The summed E-state index contributed by atoms with van der Waals surface area (Å²) in [5.74, 6) is 0. The van der Waals surface area contributed by atoms with Crippen molar-refractivity contribution < 1.29 is 0 Å². The van der Waals surface area contributed by atoms with Crippen LogP contribution in [-0.4, -0.2) is 5.71 Å². The van der Waals surface area contributed by atoms with Crippen molar-refractivity contribution in [2.45, 2.75) is 0 Å². The number of hydrogen-bond acceptors (Lipinski definition) is 2. The first-order valence-electron chi connectivity index (χ1n) is 8.25. The van der Waals surface area contributed by atoms with Gasteiger partial charge in [0.25, 0.3) is 0 Å².